The third-order valence-corrected chi connectivity index (χ3v) is 5.52. The Balaban J connectivity index is 1.71. The van der Waals surface area contributed by atoms with E-state index in [0.29, 0.717) is 38.2 Å². The van der Waals surface area contributed by atoms with Gasteiger partial charge in [-0.25, -0.2) is 4.79 Å². The number of nitrogens with zero attached hydrogens (tertiary/aromatic N) is 1. The summed E-state index contributed by atoms with van der Waals surface area (Å²) in [6, 6.07) is 19.2. The summed E-state index contributed by atoms with van der Waals surface area (Å²) in [5.41, 5.74) is 9.08. The summed E-state index contributed by atoms with van der Waals surface area (Å²) >= 11 is 12.4. The van der Waals surface area contributed by atoms with Crippen molar-refractivity contribution in [1.29, 1.82) is 5.26 Å². The molecule has 4 rings (SSSR count). The Hall–Kier alpha value is -3.46. The van der Waals surface area contributed by atoms with Crippen molar-refractivity contribution in [2.75, 3.05) is 0 Å². The third-order valence-electron chi connectivity index (χ3n) is 4.96. The Kier molecular flexibility index (Phi) is 5.60. The van der Waals surface area contributed by atoms with Gasteiger partial charge in [0, 0.05) is 21.7 Å². The van der Waals surface area contributed by atoms with E-state index in [-0.39, 0.29) is 11.5 Å². The van der Waals surface area contributed by atoms with Crippen LogP contribution in [0.5, 0.6) is 11.5 Å². The summed E-state index contributed by atoms with van der Waals surface area (Å²) in [4.78, 5) is 12.4. The molecule has 3 aromatic rings. The van der Waals surface area contributed by atoms with Crippen LogP contribution in [0.2, 0.25) is 10.0 Å². The zero-order valence-electron chi connectivity index (χ0n) is 16.4. The molecule has 5 nitrogen and oxygen atoms in total. The molecule has 1 aliphatic heterocycles. The molecule has 2 N–H and O–H groups in total. The van der Waals surface area contributed by atoms with Crippen molar-refractivity contribution in [3.63, 3.8) is 0 Å². The van der Waals surface area contributed by atoms with E-state index in [0.717, 1.165) is 5.56 Å². The number of carbonyl (C=O) groups excluding carboxylic acids is 1. The van der Waals surface area contributed by atoms with Gasteiger partial charge in [0.2, 0.25) is 5.88 Å². The minimum Gasteiger partial charge on any atom is -0.440 e. The van der Waals surface area contributed by atoms with Crippen LogP contribution >= 0.6 is 23.2 Å². The van der Waals surface area contributed by atoms with E-state index in [1.165, 1.54) is 0 Å². The van der Waals surface area contributed by atoms with Crippen LogP contribution in [-0.4, -0.2) is 5.97 Å². The van der Waals surface area contributed by atoms with Gasteiger partial charge in [-0.1, -0.05) is 53.0 Å². The lowest BCUT2D eigenvalue weighted by atomic mass is 9.83. The van der Waals surface area contributed by atoms with Gasteiger partial charge in [0.25, 0.3) is 0 Å². The highest BCUT2D eigenvalue weighted by molar-refractivity contribution is 6.35. The van der Waals surface area contributed by atoms with Crippen LogP contribution in [0.25, 0.3) is 0 Å². The fourth-order valence-electron chi connectivity index (χ4n) is 3.41. The van der Waals surface area contributed by atoms with Crippen molar-refractivity contribution in [2.45, 2.75) is 12.8 Å². The maximum absolute atomic E-state index is 12.4. The number of nitrogens with two attached hydrogens (primary N) is 1. The minimum atomic E-state index is -0.541. The molecule has 0 aliphatic carbocycles. The molecular weight excluding hydrogens is 435 g/mol. The highest BCUT2D eigenvalue weighted by Gasteiger charge is 2.32. The summed E-state index contributed by atoms with van der Waals surface area (Å²) < 4.78 is 11.2. The van der Waals surface area contributed by atoms with E-state index in [1.807, 2.05) is 19.1 Å². The van der Waals surface area contributed by atoms with Crippen LogP contribution in [0, 0.1) is 18.3 Å². The molecular formula is C24H16Cl2N2O3. The molecule has 0 saturated carbocycles. The Morgan fingerprint density at radius 2 is 1.77 bits per heavy atom. The van der Waals surface area contributed by atoms with Gasteiger partial charge in [0.05, 0.1) is 11.5 Å². The van der Waals surface area contributed by atoms with Crippen LogP contribution < -0.4 is 15.2 Å². The predicted octanol–water partition coefficient (Wildman–Crippen LogP) is 5.74. The van der Waals surface area contributed by atoms with E-state index in [9.17, 15) is 10.1 Å². The number of allylic oxidation sites excluding steroid dienone is 1. The minimum absolute atomic E-state index is 0.0342. The number of benzene rings is 3. The summed E-state index contributed by atoms with van der Waals surface area (Å²) in [6.45, 7) is 1.94. The second-order valence-corrected chi connectivity index (χ2v) is 7.89. The number of hydrogen-bond acceptors (Lipinski definition) is 5. The topological polar surface area (TPSA) is 85.3 Å². The molecule has 1 heterocycles. The summed E-state index contributed by atoms with van der Waals surface area (Å²) in [7, 11) is 0. The molecule has 0 radical (unpaired) electrons. The smallest absolute Gasteiger partial charge is 0.343 e. The van der Waals surface area contributed by atoms with Gasteiger partial charge in [0.15, 0.2) is 0 Å². The maximum Gasteiger partial charge on any atom is 0.343 e. The molecule has 1 aliphatic rings. The Morgan fingerprint density at radius 1 is 1.06 bits per heavy atom. The number of halogens is 2. The number of ether oxygens (including phenoxy) is 2. The lowest BCUT2D eigenvalue weighted by Gasteiger charge is -2.27. The van der Waals surface area contributed by atoms with E-state index in [4.69, 9.17) is 38.4 Å². The van der Waals surface area contributed by atoms with E-state index in [1.54, 1.807) is 48.5 Å². The van der Waals surface area contributed by atoms with Gasteiger partial charge < -0.3 is 15.2 Å². The molecule has 0 saturated heterocycles. The molecule has 1 unspecified atom stereocenters. The first-order valence-electron chi connectivity index (χ1n) is 9.32. The fraction of sp³-hybridized carbons (Fsp3) is 0.0833. The van der Waals surface area contributed by atoms with Crippen molar-refractivity contribution >= 4 is 29.2 Å². The number of esters is 1. The lowest BCUT2D eigenvalue weighted by Crippen LogP contribution is -2.21. The van der Waals surface area contributed by atoms with Gasteiger partial charge in [-0.05, 0) is 42.8 Å². The second-order valence-electron chi connectivity index (χ2n) is 7.05. The summed E-state index contributed by atoms with van der Waals surface area (Å²) in [5, 5.41) is 10.6. The first-order chi connectivity index (χ1) is 14.9. The van der Waals surface area contributed by atoms with Gasteiger partial charge in [-0.2, -0.15) is 5.26 Å². The van der Waals surface area contributed by atoms with E-state index >= 15 is 0 Å². The fourth-order valence-corrected chi connectivity index (χ4v) is 3.93. The molecule has 7 heteroatoms. The predicted molar refractivity (Wildman–Crippen MR) is 118 cm³/mol. The standard InChI is InChI=1S/C24H16Cl2N2O3/c1-13-2-4-14(5-3-13)24(29)30-16-7-9-18-21(11-16)31-23(28)19(12-27)22(18)17-8-6-15(25)10-20(17)26/h2-11,22H,28H2,1H3. The number of rotatable bonds is 3. The van der Waals surface area contributed by atoms with E-state index < -0.39 is 11.9 Å². The molecule has 0 bridgehead atoms. The number of nitriles is 1. The van der Waals surface area contributed by atoms with Crippen molar-refractivity contribution in [3.05, 3.63) is 104 Å². The van der Waals surface area contributed by atoms with Crippen molar-refractivity contribution in [1.82, 2.24) is 0 Å². The van der Waals surface area contributed by atoms with Gasteiger partial charge >= 0.3 is 5.97 Å². The highest BCUT2D eigenvalue weighted by atomic mass is 35.5. The Bertz CT molecular complexity index is 1260. The highest BCUT2D eigenvalue weighted by Crippen LogP contribution is 2.45. The molecule has 0 amide bonds. The lowest BCUT2D eigenvalue weighted by molar-refractivity contribution is 0.0734. The molecule has 1 atom stereocenters. The first kappa shape index (κ1) is 20.8. The molecule has 0 fully saturated rings. The number of aryl methyl sites for hydroxylation is 1. The van der Waals surface area contributed by atoms with Crippen LogP contribution in [0.3, 0.4) is 0 Å². The molecule has 3 aromatic carbocycles. The second kappa shape index (κ2) is 8.35. The largest absolute Gasteiger partial charge is 0.440 e. The number of fused-ring (bicyclic) bond motifs is 1. The van der Waals surface area contributed by atoms with E-state index in [2.05, 4.69) is 6.07 Å². The average Bonchev–Trinajstić information content (AvgIpc) is 2.73. The molecule has 0 aromatic heterocycles. The third kappa shape index (κ3) is 4.09. The van der Waals surface area contributed by atoms with Crippen molar-refractivity contribution < 1.29 is 14.3 Å². The van der Waals surface area contributed by atoms with Gasteiger partial charge in [0.1, 0.15) is 23.1 Å². The van der Waals surface area contributed by atoms with Crippen molar-refractivity contribution in [2.24, 2.45) is 5.73 Å². The number of hydrogen-bond donors (Lipinski definition) is 1. The zero-order valence-corrected chi connectivity index (χ0v) is 17.9. The molecule has 154 valence electrons. The van der Waals surface area contributed by atoms with Gasteiger partial charge in [-0.3, -0.25) is 0 Å². The zero-order chi connectivity index (χ0) is 22.1. The van der Waals surface area contributed by atoms with Crippen molar-refractivity contribution in [3.8, 4) is 17.6 Å². The molecule has 0 spiro atoms. The van der Waals surface area contributed by atoms with Crippen LogP contribution in [0.1, 0.15) is 33.0 Å². The molecule has 31 heavy (non-hydrogen) atoms. The Labute approximate surface area is 189 Å². The van der Waals surface area contributed by atoms with Gasteiger partial charge in [-0.15, -0.1) is 0 Å². The summed E-state index contributed by atoms with van der Waals surface area (Å²) in [5.74, 6) is -0.400. The van der Waals surface area contributed by atoms with Crippen LogP contribution in [0.15, 0.2) is 72.1 Å². The average molecular weight is 451 g/mol. The maximum atomic E-state index is 12.4. The number of carbonyl (C=O) groups is 1. The normalized spacial score (nSPS) is 15.0. The SMILES string of the molecule is Cc1ccc(C(=O)Oc2ccc3c(c2)OC(N)=C(C#N)C3c2ccc(Cl)cc2Cl)cc1. The van der Waals surface area contributed by atoms with Crippen LogP contribution in [0.4, 0.5) is 0 Å². The monoisotopic (exact) mass is 450 g/mol. The first-order valence-corrected chi connectivity index (χ1v) is 10.1. The van der Waals surface area contributed by atoms with Crippen LogP contribution in [-0.2, 0) is 0 Å². The summed E-state index contributed by atoms with van der Waals surface area (Å²) in [6.07, 6.45) is 0. The Morgan fingerprint density at radius 3 is 2.45 bits per heavy atom. The quantitative estimate of drug-likeness (QED) is 0.406.